The Kier molecular flexibility index (Phi) is 30.0. The van der Waals surface area contributed by atoms with Crippen LogP contribution in [-0.4, -0.2) is 59.9 Å². The monoisotopic (exact) mass is 699 g/mol. The Labute approximate surface area is 288 Å². The van der Waals surface area contributed by atoms with Crippen molar-refractivity contribution in [3.05, 3.63) is 48.6 Å². The predicted molar refractivity (Wildman–Crippen MR) is 189 cm³/mol. The zero-order valence-corrected chi connectivity index (χ0v) is 30.2. The Morgan fingerprint density at radius 3 is 1.79 bits per heavy atom. The van der Waals surface area contributed by atoms with Gasteiger partial charge in [-0.25, -0.2) is 4.57 Å². The molecule has 2 unspecified atom stereocenters. The SMILES string of the molecule is CC/C=C/C=C/C=C/CCCCCCCC(=O)OC(COC(=O)CCCCCCC/C=C/CCCC)COP(=O)(O)OC[C@H](N)C(=O)O. The maximum atomic E-state index is 12.5. The number of carbonyl (C=O) groups is 3. The van der Waals surface area contributed by atoms with Gasteiger partial charge in [-0.3, -0.25) is 23.4 Å². The van der Waals surface area contributed by atoms with E-state index in [0.29, 0.717) is 12.8 Å². The smallest absolute Gasteiger partial charge is 0.472 e. The lowest BCUT2D eigenvalue weighted by Gasteiger charge is -2.20. The highest BCUT2D eigenvalue weighted by molar-refractivity contribution is 7.47. The Hall–Kier alpha value is -2.56. The van der Waals surface area contributed by atoms with Crippen LogP contribution in [0.15, 0.2) is 48.6 Å². The number of hydrogen-bond acceptors (Lipinski definition) is 9. The minimum Gasteiger partial charge on any atom is -0.480 e. The van der Waals surface area contributed by atoms with Crippen LogP contribution in [0.1, 0.15) is 129 Å². The third kappa shape index (κ3) is 30.8. The van der Waals surface area contributed by atoms with Crippen molar-refractivity contribution < 1.29 is 47.5 Å². The summed E-state index contributed by atoms with van der Waals surface area (Å²) in [6.45, 7) is 2.55. The summed E-state index contributed by atoms with van der Waals surface area (Å²) in [5.41, 5.74) is 5.30. The number of aliphatic carboxylic acids is 1. The van der Waals surface area contributed by atoms with Gasteiger partial charge in [0.1, 0.15) is 12.6 Å². The van der Waals surface area contributed by atoms with Crippen LogP contribution in [-0.2, 0) is 37.5 Å². The number of carboxylic acid groups (broad SMARTS) is 1. The summed E-state index contributed by atoms with van der Waals surface area (Å²) in [6.07, 6.45) is 31.9. The molecule has 0 aromatic heterocycles. The molecule has 0 saturated carbocycles. The summed E-state index contributed by atoms with van der Waals surface area (Å²) in [4.78, 5) is 45.6. The first-order valence-corrected chi connectivity index (χ1v) is 19.2. The summed E-state index contributed by atoms with van der Waals surface area (Å²) in [7, 11) is -4.71. The van der Waals surface area contributed by atoms with Crippen molar-refractivity contribution in [2.75, 3.05) is 19.8 Å². The Morgan fingerprint density at radius 2 is 1.19 bits per heavy atom. The largest absolute Gasteiger partial charge is 0.480 e. The molecular weight excluding hydrogens is 637 g/mol. The number of allylic oxidation sites excluding steroid dienone is 8. The zero-order valence-electron chi connectivity index (χ0n) is 29.3. The van der Waals surface area contributed by atoms with Crippen molar-refractivity contribution >= 4 is 25.7 Å². The van der Waals surface area contributed by atoms with Gasteiger partial charge in [0.2, 0.25) is 0 Å². The molecule has 12 heteroatoms. The lowest BCUT2D eigenvalue weighted by Crippen LogP contribution is -2.34. The molecule has 0 aromatic rings. The number of phosphoric ester groups is 1. The van der Waals surface area contributed by atoms with E-state index in [1.54, 1.807) is 0 Å². The quantitative estimate of drug-likeness (QED) is 0.0203. The summed E-state index contributed by atoms with van der Waals surface area (Å²) in [5.74, 6) is -2.43. The molecule has 48 heavy (non-hydrogen) atoms. The molecule has 0 heterocycles. The highest BCUT2D eigenvalue weighted by atomic mass is 31.2. The fourth-order valence-electron chi connectivity index (χ4n) is 4.28. The van der Waals surface area contributed by atoms with Crippen LogP contribution in [0.25, 0.3) is 0 Å². The number of esters is 2. The second-order valence-electron chi connectivity index (χ2n) is 11.7. The van der Waals surface area contributed by atoms with Gasteiger partial charge in [-0.1, -0.05) is 114 Å². The molecule has 0 amide bonds. The van der Waals surface area contributed by atoms with Crippen LogP contribution in [0.2, 0.25) is 0 Å². The van der Waals surface area contributed by atoms with E-state index in [2.05, 4.69) is 42.7 Å². The van der Waals surface area contributed by atoms with E-state index in [9.17, 15) is 23.8 Å². The minimum atomic E-state index is -4.71. The molecule has 0 bridgehead atoms. The van der Waals surface area contributed by atoms with Gasteiger partial charge in [0.05, 0.1) is 13.2 Å². The van der Waals surface area contributed by atoms with Gasteiger partial charge in [-0.05, 0) is 51.4 Å². The van der Waals surface area contributed by atoms with Crippen LogP contribution in [0, 0.1) is 0 Å². The average molecular weight is 700 g/mol. The molecule has 4 N–H and O–H groups in total. The van der Waals surface area contributed by atoms with Crippen molar-refractivity contribution in [1.82, 2.24) is 0 Å². The Bertz CT molecular complexity index is 1010. The van der Waals surface area contributed by atoms with Crippen molar-refractivity contribution in [1.29, 1.82) is 0 Å². The molecule has 11 nitrogen and oxygen atoms in total. The second-order valence-corrected chi connectivity index (χ2v) is 13.1. The van der Waals surface area contributed by atoms with Crippen molar-refractivity contribution in [2.45, 2.75) is 142 Å². The summed E-state index contributed by atoms with van der Waals surface area (Å²) in [6, 6.07) is -1.53. The Balaban J connectivity index is 4.55. The molecule has 3 atom stereocenters. The maximum Gasteiger partial charge on any atom is 0.472 e. The number of carbonyl (C=O) groups excluding carboxylic acids is 2. The van der Waals surface area contributed by atoms with Crippen LogP contribution in [0.4, 0.5) is 0 Å². The normalized spacial score (nSPS) is 14.6. The molecule has 0 radical (unpaired) electrons. The summed E-state index contributed by atoms with van der Waals surface area (Å²) in [5, 5.41) is 8.84. The highest BCUT2D eigenvalue weighted by Crippen LogP contribution is 2.43. The molecule has 276 valence electrons. The average Bonchev–Trinajstić information content (AvgIpc) is 3.05. The molecule has 0 saturated heterocycles. The lowest BCUT2D eigenvalue weighted by atomic mass is 10.1. The number of nitrogens with two attached hydrogens (primary N) is 1. The second kappa shape index (κ2) is 31.7. The van der Waals surface area contributed by atoms with Gasteiger partial charge in [0.25, 0.3) is 0 Å². The first-order valence-electron chi connectivity index (χ1n) is 17.7. The molecule has 0 fully saturated rings. The van der Waals surface area contributed by atoms with Gasteiger partial charge < -0.3 is 25.2 Å². The summed E-state index contributed by atoms with van der Waals surface area (Å²) < 4.78 is 32.4. The van der Waals surface area contributed by atoms with E-state index in [1.165, 1.54) is 12.8 Å². The third-order valence-electron chi connectivity index (χ3n) is 7.12. The fraction of sp³-hybridized carbons (Fsp3) is 0.694. The molecule has 0 aliphatic rings. The van der Waals surface area contributed by atoms with Gasteiger partial charge in [-0.15, -0.1) is 0 Å². The van der Waals surface area contributed by atoms with Crippen LogP contribution >= 0.6 is 7.82 Å². The van der Waals surface area contributed by atoms with E-state index in [-0.39, 0.29) is 19.4 Å². The topological polar surface area (TPSA) is 172 Å². The highest BCUT2D eigenvalue weighted by Gasteiger charge is 2.28. The number of unbranched alkanes of at least 4 members (excludes halogenated alkanes) is 12. The van der Waals surface area contributed by atoms with Crippen molar-refractivity contribution in [2.24, 2.45) is 5.73 Å². The van der Waals surface area contributed by atoms with Crippen molar-refractivity contribution in [3.63, 3.8) is 0 Å². The number of rotatable bonds is 32. The molecule has 0 spiro atoms. The van der Waals surface area contributed by atoms with Gasteiger partial charge >= 0.3 is 25.7 Å². The predicted octanol–water partition coefficient (Wildman–Crippen LogP) is 8.27. The van der Waals surface area contributed by atoms with E-state index in [0.717, 1.165) is 77.0 Å². The zero-order chi connectivity index (χ0) is 35.7. The van der Waals surface area contributed by atoms with Crippen molar-refractivity contribution in [3.8, 4) is 0 Å². The number of phosphoric acid groups is 1. The fourth-order valence-corrected chi connectivity index (χ4v) is 5.06. The van der Waals surface area contributed by atoms with Crippen LogP contribution in [0.3, 0.4) is 0 Å². The van der Waals surface area contributed by atoms with Gasteiger partial charge in [-0.2, -0.15) is 0 Å². The van der Waals surface area contributed by atoms with Gasteiger partial charge in [0.15, 0.2) is 6.10 Å². The van der Waals surface area contributed by atoms with E-state index in [4.69, 9.17) is 24.8 Å². The third-order valence-corrected chi connectivity index (χ3v) is 8.07. The molecule has 0 aromatic carbocycles. The summed E-state index contributed by atoms with van der Waals surface area (Å²) >= 11 is 0. The van der Waals surface area contributed by atoms with E-state index >= 15 is 0 Å². The van der Waals surface area contributed by atoms with Crippen LogP contribution in [0.5, 0.6) is 0 Å². The first kappa shape index (κ1) is 45.4. The molecule has 0 aliphatic carbocycles. The first-order chi connectivity index (χ1) is 23.1. The maximum absolute atomic E-state index is 12.5. The molecule has 0 rings (SSSR count). The standard InChI is InChI=1S/C36H62NO10P/c1-3-5-7-9-11-13-15-16-18-20-22-24-26-28-35(39)47-32(30-45-48(42,43)46-31-33(37)36(40)41)29-44-34(38)27-25-23-21-19-17-14-12-10-8-6-4-2/h5,7,9-13,15,32-33H,3-4,6,8,14,16-31,37H2,1-2H3,(H,40,41)(H,42,43)/b7-5+,11-9+,12-10+,15-13+/t32?,33-/m0/s1. The minimum absolute atomic E-state index is 0.135. The van der Waals surface area contributed by atoms with Gasteiger partial charge in [0, 0.05) is 12.8 Å². The number of hydrogen-bond donors (Lipinski definition) is 3. The lowest BCUT2D eigenvalue weighted by molar-refractivity contribution is -0.161. The molecule has 0 aliphatic heterocycles. The van der Waals surface area contributed by atoms with E-state index < -0.39 is 51.1 Å². The molecular formula is C36H62NO10P. The van der Waals surface area contributed by atoms with E-state index in [1.807, 2.05) is 24.3 Å². The van der Waals surface area contributed by atoms with Crippen LogP contribution < -0.4 is 5.73 Å². The number of carboxylic acids is 1. The number of ether oxygens (including phenoxy) is 2. The Morgan fingerprint density at radius 1 is 0.667 bits per heavy atom.